The number of hydrogen-bond donors (Lipinski definition) is 2. The monoisotopic (exact) mass is 464 g/mol. The van der Waals surface area contributed by atoms with Crippen LogP contribution in [0.5, 0.6) is 5.75 Å². The van der Waals surface area contributed by atoms with E-state index in [1.807, 2.05) is 61.5 Å². The SMILES string of the molecule is COc1ccc(Cl)cc1-c1nc(SC(C(=O)Nc2ccc(C)cc2)c2ccccc2)n[nH]1. The highest BCUT2D eigenvalue weighted by atomic mass is 35.5. The summed E-state index contributed by atoms with van der Waals surface area (Å²) < 4.78 is 5.41. The summed E-state index contributed by atoms with van der Waals surface area (Å²) in [4.78, 5) is 17.8. The lowest BCUT2D eigenvalue weighted by Crippen LogP contribution is -2.19. The summed E-state index contributed by atoms with van der Waals surface area (Å²) in [5.41, 5.74) is 3.41. The lowest BCUT2D eigenvalue weighted by atomic mass is 10.1. The molecule has 1 aromatic heterocycles. The van der Waals surface area contributed by atoms with Gasteiger partial charge in [-0.1, -0.05) is 71.4 Å². The molecule has 0 aliphatic rings. The number of rotatable bonds is 7. The van der Waals surface area contributed by atoms with E-state index >= 15 is 0 Å². The first-order chi connectivity index (χ1) is 15.5. The van der Waals surface area contributed by atoms with Crippen molar-refractivity contribution in [3.8, 4) is 17.1 Å². The second-order valence-electron chi connectivity index (χ2n) is 7.08. The number of nitrogens with one attached hydrogen (secondary N) is 2. The van der Waals surface area contributed by atoms with Crippen molar-refractivity contribution in [2.24, 2.45) is 0 Å². The van der Waals surface area contributed by atoms with Gasteiger partial charge in [-0.25, -0.2) is 4.98 Å². The third kappa shape index (κ3) is 5.12. The number of aromatic nitrogens is 3. The van der Waals surface area contributed by atoms with Gasteiger partial charge in [0.05, 0.1) is 12.7 Å². The van der Waals surface area contributed by atoms with Crippen molar-refractivity contribution in [1.82, 2.24) is 15.2 Å². The fraction of sp³-hybridized carbons (Fsp3) is 0.125. The summed E-state index contributed by atoms with van der Waals surface area (Å²) in [6.45, 7) is 2.00. The molecule has 1 heterocycles. The minimum absolute atomic E-state index is 0.156. The van der Waals surface area contributed by atoms with Crippen LogP contribution in [0.25, 0.3) is 11.4 Å². The highest BCUT2D eigenvalue weighted by molar-refractivity contribution is 8.00. The van der Waals surface area contributed by atoms with Gasteiger partial charge < -0.3 is 10.1 Å². The van der Waals surface area contributed by atoms with E-state index in [2.05, 4.69) is 20.5 Å². The Bertz CT molecular complexity index is 1210. The largest absolute Gasteiger partial charge is 0.496 e. The smallest absolute Gasteiger partial charge is 0.242 e. The summed E-state index contributed by atoms with van der Waals surface area (Å²) >= 11 is 7.41. The van der Waals surface area contributed by atoms with E-state index in [4.69, 9.17) is 16.3 Å². The molecule has 3 aromatic carbocycles. The molecule has 0 spiro atoms. The Morgan fingerprint density at radius 3 is 2.56 bits per heavy atom. The minimum Gasteiger partial charge on any atom is -0.496 e. The predicted molar refractivity (Wildman–Crippen MR) is 128 cm³/mol. The Hall–Kier alpha value is -3.29. The van der Waals surface area contributed by atoms with Gasteiger partial charge in [0.1, 0.15) is 11.0 Å². The fourth-order valence-corrected chi connectivity index (χ4v) is 4.22. The molecule has 1 unspecified atom stereocenters. The average Bonchev–Trinajstić information content (AvgIpc) is 3.28. The first-order valence-electron chi connectivity index (χ1n) is 9.89. The lowest BCUT2D eigenvalue weighted by molar-refractivity contribution is -0.115. The van der Waals surface area contributed by atoms with Crippen LogP contribution >= 0.6 is 23.4 Å². The van der Waals surface area contributed by atoms with Crippen LogP contribution in [0.15, 0.2) is 78.0 Å². The van der Waals surface area contributed by atoms with Gasteiger partial charge in [0, 0.05) is 10.7 Å². The Balaban J connectivity index is 1.60. The maximum absolute atomic E-state index is 13.2. The number of anilines is 1. The van der Waals surface area contributed by atoms with Crippen LogP contribution in [0.2, 0.25) is 5.02 Å². The third-order valence-corrected chi connectivity index (χ3v) is 6.11. The molecule has 0 saturated carbocycles. The standard InChI is InChI=1S/C24H21ClN4O2S/c1-15-8-11-18(12-9-15)26-23(30)21(16-6-4-3-5-7-16)32-24-27-22(28-29-24)19-14-17(25)10-13-20(19)31-2/h3-14,21H,1-2H3,(H,26,30)(H,27,28,29). The van der Waals surface area contributed by atoms with E-state index in [1.165, 1.54) is 11.8 Å². The van der Waals surface area contributed by atoms with Crippen LogP contribution in [0.4, 0.5) is 5.69 Å². The van der Waals surface area contributed by atoms with E-state index < -0.39 is 5.25 Å². The number of aryl methyl sites for hydroxylation is 1. The van der Waals surface area contributed by atoms with Crippen LogP contribution in [-0.4, -0.2) is 28.2 Å². The van der Waals surface area contributed by atoms with Gasteiger partial charge >= 0.3 is 0 Å². The summed E-state index contributed by atoms with van der Waals surface area (Å²) in [6.07, 6.45) is 0. The van der Waals surface area contributed by atoms with Crippen LogP contribution in [0.1, 0.15) is 16.4 Å². The molecule has 1 amide bonds. The zero-order chi connectivity index (χ0) is 22.5. The molecule has 4 aromatic rings. The molecule has 8 heteroatoms. The van der Waals surface area contributed by atoms with Crippen molar-refractivity contribution in [1.29, 1.82) is 0 Å². The number of thioether (sulfide) groups is 1. The van der Waals surface area contributed by atoms with Crippen LogP contribution < -0.4 is 10.1 Å². The first kappa shape index (κ1) is 21.9. The quantitative estimate of drug-likeness (QED) is 0.332. The molecule has 4 rings (SSSR count). The molecule has 0 aliphatic heterocycles. The first-order valence-corrected chi connectivity index (χ1v) is 11.1. The molecule has 0 aliphatic carbocycles. The van der Waals surface area contributed by atoms with Crippen LogP contribution in [0.3, 0.4) is 0 Å². The maximum Gasteiger partial charge on any atom is 0.242 e. The summed E-state index contributed by atoms with van der Waals surface area (Å²) in [7, 11) is 1.58. The molecule has 6 nitrogen and oxygen atoms in total. The van der Waals surface area contributed by atoms with Crippen molar-refractivity contribution in [3.05, 3.63) is 88.9 Å². The Labute approximate surface area is 195 Å². The molecular formula is C24H21ClN4O2S. The number of halogens is 1. The van der Waals surface area contributed by atoms with E-state index in [1.54, 1.807) is 25.3 Å². The number of H-pyrrole nitrogens is 1. The number of methoxy groups -OCH3 is 1. The molecule has 1 atom stereocenters. The number of nitrogens with zero attached hydrogens (tertiary/aromatic N) is 2. The van der Waals surface area contributed by atoms with Gasteiger partial charge in [0.2, 0.25) is 11.1 Å². The molecule has 32 heavy (non-hydrogen) atoms. The van der Waals surface area contributed by atoms with E-state index in [0.717, 1.165) is 16.8 Å². The number of benzene rings is 3. The number of carbonyl (C=O) groups is 1. The Kier molecular flexibility index (Phi) is 6.78. The van der Waals surface area contributed by atoms with Crippen LogP contribution in [0, 0.1) is 6.92 Å². The number of amides is 1. The number of ether oxygens (including phenoxy) is 1. The van der Waals surface area contributed by atoms with Gasteiger partial charge in [-0.05, 0) is 42.8 Å². The van der Waals surface area contributed by atoms with E-state index in [0.29, 0.717) is 27.3 Å². The summed E-state index contributed by atoms with van der Waals surface area (Å²) in [5.74, 6) is 0.980. The number of carbonyl (C=O) groups excluding carboxylic acids is 1. The molecule has 162 valence electrons. The average molecular weight is 465 g/mol. The van der Waals surface area contributed by atoms with Crippen molar-refractivity contribution in [2.75, 3.05) is 12.4 Å². The highest BCUT2D eigenvalue weighted by Crippen LogP contribution is 2.36. The Morgan fingerprint density at radius 1 is 1.09 bits per heavy atom. The van der Waals surface area contributed by atoms with Gasteiger partial charge in [-0.2, -0.15) is 0 Å². The van der Waals surface area contributed by atoms with Gasteiger partial charge in [-0.3, -0.25) is 9.89 Å². The normalized spacial score (nSPS) is 11.7. The van der Waals surface area contributed by atoms with E-state index in [9.17, 15) is 4.79 Å². The molecule has 0 bridgehead atoms. The van der Waals surface area contributed by atoms with Crippen molar-refractivity contribution in [3.63, 3.8) is 0 Å². The summed E-state index contributed by atoms with van der Waals surface area (Å²) in [5, 5.41) is 10.7. The summed E-state index contributed by atoms with van der Waals surface area (Å²) in [6, 6.07) is 22.5. The fourth-order valence-electron chi connectivity index (χ4n) is 3.14. The van der Waals surface area contributed by atoms with Gasteiger partial charge in [-0.15, -0.1) is 5.10 Å². The number of aromatic amines is 1. The predicted octanol–water partition coefficient (Wildman–Crippen LogP) is 5.91. The zero-order valence-electron chi connectivity index (χ0n) is 17.5. The van der Waals surface area contributed by atoms with Crippen molar-refractivity contribution >= 4 is 35.0 Å². The second kappa shape index (κ2) is 9.89. The Morgan fingerprint density at radius 2 is 1.84 bits per heavy atom. The molecule has 2 N–H and O–H groups in total. The van der Waals surface area contributed by atoms with E-state index in [-0.39, 0.29) is 5.91 Å². The van der Waals surface area contributed by atoms with Crippen molar-refractivity contribution < 1.29 is 9.53 Å². The maximum atomic E-state index is 13.2. The second-order valence-corrected chi connectivity index (χ2v) is 8.58. The molecule has 0 saturated heterocycles. The van der Waals surface area contributed by atoms with Crippen molar-refractivity contribution in [2.45, 2.75) is 17.3 Å². The minimum atomic E-state index is -0.539. The zero-order valence-corrected chi connectivity index (χ0v) is 19.1. The van der Waals surface area contributed by atoms with Gasteiger partial charge in [0.15, 0.2) is 5.82 Å². The highest BCUT2D eigenvalue weighted by Gasteiger charge is 2.25. The molecule has 0 fully saturated rings. The van der Waals surface area contributed by atoms with Gasteiger partial charge in [0.25, 0.3) is 0 Å². The lowest BCUT2D eigenvalue weighted by Gasteiger charge is -2.15. The third-order valence-electron chi connectivity index (χ3n) is 4.76. The molecule has 0 radical (unpaired) electrons. The van der Waals surface area contributed by atoms with Crippen LogP contribution in [-0.2, 0) is 4.79 Å². The number of hydrogen-bond acceptors (Lipinski definition) is 5. The topological polar surface area (TPSA) is 79.9 Å². The molecular weight excluding hydrogens is 444 g/mol.